The number of aromatic nitrogens is 1. The molecule has 1 aliphatic rings. The third-order valence-electron chi connectivity index (χ3n) is 5.34. The molecule has 1 fully saturated rings. The molecule has 0 amide bonds. The fourth-order valence-corrected chi connectivity index (χ4v) is 3.49. The number of carboxylic acids is 3. The van der Waals surface area contributed by atoms with Gasteiger partial charge in [0.1, 0.15) is 11.5 Å². The lowest BCUT2D eigenvalue weighted by atomic mass is 10.0. The summed E-state index contributed by atoms with van der Waals surface area (Å²) >= 11 is 0. The zero-order valence-corrected chi connectivity index (χ0v) is 22.7. The Hall–Kier alpha value is -3.87. The molecule has 10 nitrogen and oxygen atoms in total. The van der Waals surface area contributed by atoms with Gasteiger partial charge in [-0.25, -0.2) is 14.4 Å². The highest BCUT2D eigenvalue weighted by atomic mass is 19.4. The standard InChI is InChI=1S/C18H25N3O.3C2HF3O2/c1-14-6-7-16(22-14)13-21-10-8-17(20(2)3)18(21)11-15-5-4-9-19-12-15;3*3-2(4,5)1(6)7/h4-7,9,12,17-18H,8,10-11,13H2,1-3H3;3*(H,6,7)/t17-,18+;;;/m1.../s1. The molecular weight excluding hydrogens is 613 g/mol. The zero-order valence-electron chi connectivity index (χ0n) is 22.7. The lowest BCUT2D eigenvalue weighted by Crippen LogP contribution is -2.43. The van der Waals surface area contributed by atoms with E-state index < -0.39 is 36.4 Å². The van der Waals surface area contributed by atoms with Gasteiger partial charge in [0.2, 0.25) is 0 Å². The number of alkyl halides is 9. The highest BCUT2D eigenvalue weighted by molar-refractivity contribution is 5.73. The monoisotopic (exact) mass is 641 g/mol. The van der Waals surface area contributed by atoms with Crippen molar-refractivity contribution in [1.82, 2.24) is 14.8 Å². The van der Waals surface area contributed by atoms with Crippen molar-refractivity contribution in [3.8, 4) is 0 Å². The normalized spacial score (nSPS) is 17.0. The van der Waals surface area contributed by atoms with Crippen molar-refractivity contribution in [3.63, 3.8) is 0 Å². The summed E-state index contributed by atoms with van der Waals surface area (Å²) in [6, 6.07) is 9.42. The second-order valence-electron chi connectivity index (χ2n) is 8.84. The van der Waals surface area contributed by atoms with Crippen molar-refractivity contribution in [3.05, 3.63) is 53.7 Å². The molecule has 2 atom stereocenters. The number of carbonyl (C=O) groups is 3. The second kappa shape index (κ2) is 16.7. The molecule has 0 spiro atoms. The minimum atomic E-state index is -5.08. The molecular formula is C24H28F9N3O7. The van der Waals surface area contributed by atoms with Crippen LogP contribution in [0.5, 0.6) is 0 Å². The Morgan fingerprint density at radius 1 is 0.907 bits per heavy atom. The molecule has 2 aromatic rings. The van der Waals surface area contributed by atoms with Gasteiger partial charge >= 0.3 is 36.4 Å². The first-order valence-electron chi connectivity index (χ1n) is 11.7. The molecule has 3 rings (SSSR count). The van der Waals surface area contributed by atoms with Crippen LogP contribution in [0.1, 0.15) is 23.5 Å². The average Bonchev–Trinajstić information content (AvgIpc) is 3.45. The number of pyridine rings is 1. The second-order valence-corrected chi connectivity index (χ2v) is 8.84. The molecule has 0 radical (unpaired) electrons. The molecule has 3 heterocycles. The number of halogens is 9. The van der Waals surface area contributed by atoms with Crippen LogP contribution in [-0.2, 0) is 27.3 Å². The first kappa shape index (κ1) is 39.1. The topological polar surface area (TPSA) is 144 Å². The number of rotatable bonds is 5. The van der Waals surface area contributed by atoms with Gasteiger partial charge in [-0.05, 0) is 57.6 Å². The number of aryl methyl sites for hydroxylation is 1. The molecule has 2 aromatic heterocycles. The number of carboxylic acid groups (broad SMARTS) is 3. The van der Waals surface area contributed by atoms with Gasteiger partial charge in [0.05, 0.1) is 6.54 Å². The molecule has 3 N–H and O–H groups in total. The van der Waals surface area contributed by atoms with Gasteiger partial charge in [0.25, 0.3) is 0 Å². The maximum Gasteiger partial charge on any atom is 0.490 e. The quantitative estimate of drug-likeness (QED) is 0.396. The van der Waals surface area contributed by atoms with Crippen LogP contribution in [0.3, 0.4) is 0 Å². The van der Waals surface area contributed by atoms with Gasteiger partial charge in [-0.2, -0.15) is 39.5 Å². The van der Waals surface area contributed by atoms with Gasteiger partial charge in [-0.3, -0.25) is 9.88 Å². The van der Waals surface area contributed by atoms with Crippen molar-refractivity contribution in [2.24, 2.45) is 0 Å². The highest BCUT2D eigenvalue weighted by Gasteiger charge is 2.39. The summed E-state index contributed by atoms with van der Waals surface area (Å²) in [5.74, 6) is -6.22. The number of nitrogens with zero attached hydrogens (tertiary/aromatic N) is 3. The number of aliphatic carboxylic acids is 3. The predicted octanol–water partition coefficient (Wildman–Crippen LogP) is 4.63. The van der Waals surface area contributed by atoms with E-state index in [2.05, 4.69) is 41.0 Å². The van der Waals surface area contributed by atoms with Crippen molar-refractivity contribution in [2.75, 3.05) is 20.6 Å². The lowest BCUT2D eigenvalue weighted by Gasteiger charge is -2.31. The minimum absolute atomic E-state index is 0.504. The Balaban J connectivity index is 0.000000690. The SMILES string of the molecule is Cc1ccc(CN2CC[C@@H](N(C)C)[C@@H]2Cc2cccnc2)o1.O=C(O)C(F)(F)F.O=C(O)C(F)(F)F.O=C(O)C(F)(F)F. The summed E-state index contributed by atoms with van der Waals surface area (Å²) in [6.07, 6.45) is -9.18. The van der Waals surface area contributed by atoms with Crippen molar-refractivity contribution in [1.29, 1.82) is 0 Å². The predicted molar refractivity (Wildman–Crippen MR) is 129 cm³/mol. The largest absolute Gasteiger partial charge is 0.490 e. The van der Waals surface area contributed by atoms with Crippen LogP contribution in [0, 0.1) is 6.92 Å². The van der Waals surface area contributed by atoms with E-state index in [0.29, 0.717) is 12.1 Å². The third-order valence-corrected chi connectivity index (χ3v) is 5.34. The zero-order chi connectivity index (χ0) is 33.8. The molecule has 0 saturated carbocycles. The summed E-state index contributed by atoms with van der Waals surface area (Å²) in [5, 5.41) is 21.4. The molecule has 1 saturated heterocycles. The van der Waals surface area contributed by atoms with E-state index in [1.54, 1.807) is 0 Å². The number of hydrogen-bond acceptors (Lipinski definition) is 7. The Bertz CT molecular complexity index is 1090. The van der Waals surface area contributed by atoms with E-state index >= 15 is 0 Å². The van der Waals surface area contributed by atoms with Crippen molar-refractivity contribution in [2.45, 2.75) is 56.9 Å². The van der Waals surface area contributed by atoms with Crippen LogP contribution >= 0.6 is 0 Å². The van der Waals surface area contributed by atoms with Gasteiger partial charge in [0.15, 0.2) is 0 Å². The Kier molecular flexibility index (Phi) is 15.2. The molecule has 0 unspecified atom stereocenters. The number of hydrogen-bond donors (Lipinski definition) is 3. The number of furan rings is 1. The Morgan fingerprint density at radius 2 is 1.37 bits per heavy atom. The number of likely N-dealkylation sites (tertiary alicyclic amines) is 1. The maximum absolute atomic E-state index is 10.6. The maximum atomic E-state index is 10.6. The van der Waals surface area contributed by atoms with E-state index in [9.17, 15) is 39.5 Å². The fourth-order valence-electron chi connectivity index (χ4n) is 3.49. The van der Waals surface area contributed by atoms with Crippen LogP contribution in [0.4, 0.5) is 39.5 Å². The van der Waals surface area contributed by atoms with E-state index in [-0.39, 0.29) is 0 Å². The van der Waals surface area contributed by atoms with Gasteiger partial charge in [-0.1, -0.05) is 6.07 Å². The molecule has 1 aliphatic heterocycles. The molecule has 0 aliphatic carbocycles. The third kappa shape index (κ3) is 15.8. The van der Waals surface area contributed by atoms with Crippen LogP contribution in [0.2, 0.25) is 0 Å². The van der Waals surface area contributed by atoms with E-state index in [0.717, 1.165) is 31.0 Å². The molecule has 0 bridgehead atoms. The van der Waals surface area contributed by atoms with Gasteiger partial charge in [0, 0.05) is 31.0 Å². The summed E-state index contributed by atoms with van der Waals surface area (Å²) in [6.45, 7) is 4.01. The first-order valence-corrected chi connectivity index (χ1v) is 11.7. The molecule has 43 heavy (non-hydrogen) atoms. The van der Waals surface area contributed by atoms with Crippen LogP contribution in [0.15, 0.2) is 41.1 Å². The summed E-state index contributed by atoms with van der Waals surface area (Å²) < 4.78 is 101. The summed E-state index contributed by atoms with van der Waals surface area (Å²) in [4.78, 5) is 35.9. The van der Waals surface area contributed by atoms with Crippen molar-refractivity contribution < 1.29 is 73.6 Å². The molecule has 19 heteroatoms. The fraction of sp³-hybridized carbons (Fsp3) is 0.500. The van der Waals surface area contributed by atoms with Crippen LogP contribution in [0.25, 0.3) is 0 Å². The summed E-state index contributed by atoms with van der Waals surface area (Å²) in [7, 11) is 4.36. The molecule has 244 valence electrons. The van der Waals surface area contributed by atoms with Crippen LogP contribution in [-0.4, -0.2) is 99.3 Å². The summed E-state index contributed by atoms with van der Waals surface area (Å²) in [5.41, 5.74) is 1.31. The van der Waals surface area contributed by atoms with E-state index in [1.165, 1.54) is 12.0 Å². The van der Waals surface area contributed by atoms with Gasteiger partial charge < -0.3 is 24.6 Å². The first-order chi connectivity index (χ1) is 19.5. The highest BCUT2D eigenvalue weighted by Crippen LogP contribution is 2.27. The van der Waals surface area contributed by atoms with Crippen molar-refractivity contribution >= 4 is 17.9 Å². The minimum Gasteiger partial charge on any atom is -0.475 e. The number of likely N-dealkylation sites (N-methyl/N-ethyl adjacent to an activating group) is 1. The average molecular weight is 641 g/mol. The smallest absolute Gasteiger partial charge is 0.475 e. The Labute approximate surface area is 238 Å². The molecule has 0 aromatic carbocycles. The van der Waals surface area contributed by atoms with E-state index in [1.807, 2.05) is 31.5 Å². The Morgan fingerprint density at radius 3 is 1.70 bits per heavy atom. The van der Waals surface area contributed by atoms with Gasteiger partial charge in [-0.15, -0.1) is 0 Å². The lowest BCUT2D eigenvalue weighted by molar-refractivity contribution is -0.193. The van der Waals surface area contributed by atoms with Crippen LogP contribution < -0.4 is 0 Å². The van der Waals surface area contributed by atoms with E-state index in [4.69, 9.17) is 34.1 Å².